The van der Waals surface area contributed by atoms with E-state index in [9.17, 15) is 14.4 Å². The number of ketones is 3. The van der Waals surface area contributed by atoms with Crippen LogP contribution in [0, 0.1) is 11.3 Å². The first-order valence-corrected chi connectivity index (χ1v) is 15.5. The predicted molar refractivity (Wildman–Crippen MR) is 173 cm³/mol. The minimum absolute atomic E-state index is 0.124. The monoisotopic (exact) mass is 581 g/mol. The number of hydrogen-bond donors (Lipinski definition) is 0. The minimum Gasteiger partial charge on any atom is -0.494 e. The van der Waals surface area contributed by atoms with Crippen molar-refractivity contribution >= 4 is 29.1 Å². The summed E-state index contributed by atoms with van der Waals surface area (Å²) < 4.78 is 6.14. The lowest BCUT2D eigenvalue weighted by Gasteiger charge is -2.37. The van der Waals surface area contributed by atoms with Crippen molar-refractivity contribution in [1.29, 1.82) is 0 Å². The Hall–Kier alpha value is -4.77. The molecule has 7 rings (SSSR count). The number of hydrogen-bond acceptors (Lipinski definition) is 5. The molecule has 0 aromatic heterocycles. The van der Waals surface area contributed by atoms with E-state index in [0.29, 0.717) is 40.5 Å². The van der Waals surface area contributed by atoms with Crippen molar-refractivity contribution in [3.63, 3.8) is 0 Å². The molecule has 0 radical (unpaired) electrons. The Morgan fingerprint density at radius 1 is 0.841 bits per heavy atom. The van der Waals surface area contributed by atoms with E-state index >= 15 is 0 Å². The number of ether oxygens (including phenoxy) is 1. The first-order valence-electron chi connectivity index (χ1n) is 15.5. The van der Waals surface area contributed by atoms with Crippen LogP contribution in [0.3, 0.4) is 0 Å². The van der Waals surface area contributed by atoms with Crippen molar-refractivity contribution < 1.29 is 19.1 Å². The van der Waals surface area contributed by atoms with Crippen LogP contribution >= 0.6 is 0 Å². The topological polar surface area (TPSA) is 63.7 Å². The number of fused-ring (bicyclic) bond motifs is 5. The highest BCUT2D eigenvalue weighted by Crippen LogP contribution is 2.62. The lowest BCUT2D eigenvalue weighted by atomic mass is 9.64. The van der Waals surface area contributed by atoms with E-state index in [2.05, 4.69) is 18.7 Å². The molecular weight excluding hydrogens is 546 g/mol. The Labute approximate surface area is 258 Å². The van der Waals surface area contributed by atoms with E-state index in [0.717, 1.165) is 17.7 Å². The third kappa shape index (κ3) is 4.02. The molecule has 5 heteroatoms. The van der Waals surface area contributed by atoms with E-state index in [1.165, 1.54) is 5.56 Å². The van der Waals surface area contributed by atoms with Crippen LogP contribution < -0.4 is 9.64 Å². The lowest BCUT2D eigenvalue weighted by Crippen LogP contribution is -2.48. The van der Waals surface area contributed by atoms with Gasteiger partial charge in [0.25, 0.3) is 0 Å². The fourth-order valence-electron chi connectivity index (χ4n) is 7.73. The van der Waals surface area contributed by atoms with Crippen molar-refractivity contribution in [2.45, 2.75) is 45.2 Å². The maximum absolute atomic E-state index is 15.0. The molecule has 1 spiro atoms. The normalized spacial score (nSPS) is 21.0. The average Bonchev–Trinajstić information content (AvgIpc) is 3.47. The van der Waals surface area contributed by atoms with Crippen LogP contribution in [0.15, 0.2) is 103 Å². The van der Waals surface area contributed by atoms with Gasteiger partial charge in [0, 0.05) is 33.9 Å². The van der Waals surface area contributed by atoms with Gasteiger partial charge in [0.05, 0.1) is 12.6 Å². The number of nitrogens with zero attached hydrogens (tertiary/aromatic N) is 1. The van der Waals surface area contributed by atoms with Gasteiger partial charge in [-0.3, -0.25) is 14.4 Å². The van der Waals surface area contributed by atoms with Gasteiger partial charge in [-0.25, -0.2) is 0 Å². The van der Waals surface area contributed by atoms with Gasteiger partial charge in [-0.1, -0.05) is 111 Å². The number of rotatable bonds is 7. The SMILES string of the molecule is CCOc1ccccc1[C@H]1[C@H](C(=O)c2ccc(CC(C)C)cc2)N2c3ccccc3C=C[C@H]2C12C(=O)c1ccccc1C2=O. The van der Waals surface area contributed by atoms with Crippen LogP contribution in [-0.2, 0) is 6.42 Å². The summed E-state index contributed by atoms with van der Waals surface area (Å²) in [6, 6.07) is 28.8. The zero-order valence-corrected chi connectivity index (χ0v) is 25.2. The molecule has 2 heterocycles. The van der Waals surface area contributed by atoms with E-state index in [4.69, 9.17) is 4.74 Å². The van der Waals surface area contributed by atoms with Gasteiger partial charge in [0.15, 0.2) is 17.3 Å². The zero-order chi connectivity index (χ0) is 30.6. The fraction of sp³-hybridized carbons (Fsp3) is 0.256. The molecule has 1 fully saturated rings. The molecule has 220 valence electrons. The summed E-state index contributed by atoms with van der Waals surface area (Å²) in [7, 11) is 0. The van der Waals surface area contributed by atoms with Crippen LogP contribution in [0.1, 0.15) is 74.5 Å². The van der Waals surface area contributed by atoms with Crippen molar-refractivity contribution in [2.75, 3.05) is 11.5 Å². The summed E-state index contributed by atoms with van der Waals surface area (Å²) in [6.45, 7) is 6.66. The molecule has 0 unspecified atom stereocenters. The summed E-state index contributed by atoms with van der Waals surface area (Å²) in [6.07, 6.45) is 4.86. The molecule has 0 amide bonds. The standard InChI is InChI=1S/C39H35NO4/c1-4-44-32-16-10-8-14-30(32)34-35(36(41)27-19-17-25(18-20-27)23-24(2)3)40-31-15-9-5-11-26(31)21-22-33(40)39(34)37(42)28-12-6-7-13-29(28)38(39)43/h5-22,24,33-35H,4,23H2,1-3H3/t33-,34-,35+/m0/s1. The Balaban J connectivity index is 1.50. The molecule has 3 aliphatic rings. The van der Waals surface area contributed by atoms with Crippen molar-refractivity contribution in [2.24, 2.45) is 11.3 Å². The van der Waals surface area contributed by atoms with Crippen molar-refractivity contribution in [3.05, 3.63) is 137 Å². The van der Waals surface area contributed by atoms with Crippen LogP contribution in [-0.4, -0.2) is 36.0 Å². The number of benzene rings is 4. The van der Waals surface area contributed by atoms with Crippen LogP contribution in [0.5, 0.6) is 5.75 Å². The Kier molecular flexibility index (Phi) is 6.84. The van der Waals surface area contributed by atoms with Gasteiger partial charge >= 0.3 is 0 Å². The third-order valence-corrected chi connectivity index (χ3v) is 9.42. The maximum atomic E-state index is 15.0. The summed E-state index contributed by atoms with van der Waals surface area (Å²) in [4.78, 5) is 46.8. The largest absolute Gasteiger partial charge is 0.494 e. The maximum Gasteiger partial charge on any atom is 0.185 e. The molecule has 0 bridgehead atoms. The number of anilines is 1. The highest BCUT2D eigenvalue weighted by Gasteiger charge is 2.71. The minimum atomic E-state index is -1.56. The fourth-order valence-corrected chi connectivity index (χ4v) is 7.73. The Bertz CT molecular complexity index is 1780. The number of para-hydroxylation sites is 2. The van der Waals surface area contributed by atoms with E-state index in [-0.39, 0.29) is 17.3 Å². The van der Waals surface area contributed by atoms with Crippen molar-refractivity contribution in [3.8, 4) is 5.75 Å². The lowest BCUT2D eigenvalue weighted by molar-refractivity contribution is 0.0664. The number of Topliss-reactive ketones (excluding diaryl/α,β-unsaturated/α-hetero) is 3. The second-order valence-corrected chi connectivity index (χ2v) is 12.4. The third-order valence-electron chi connectivity index (χ3n) is 9.42. The van der Waals surface area contributed by atoms with Gasteiger partial charge in [-0.2, -0.15) is 0 Å². The van der Waals surface area contributed by atoms with Gasteiger partial charge in [-0.15, -0.1) is 0 Å². The molecule has 3 atom stereocenters. The Morgan fingerprint density at radius 2 is 1.48 bits per heavy atom. The van der Waals surface area contributed by atoms with Gasteiger partial charge in [-0.05, 0) is 42.5 Å². The van der Waals surface area contributed by atoms with E-state index in [1.54, 1.807) is 24.3 Å². The molecule has 5 nitrogen and oxygen atoms in total. The van der Waals surface area contributed by atoms with Crippen molar-refractivity contribution in [1.82, 2.24) is 0 Å². The number of carbonyl (C=O) groups is 3. The summed E-state index contributed by atoms with van der Waals surface area (Å²) in [5, 5.41) is 0. The summed E-state index contributed by atoms with van der Waals surface area (Å²) in [5.74, 6) is -0.337. The molecule has 44 heavy (non-hydrogen) atoms. The molecule has 4 aromatic rings. The second-order valence-electron chi connectivity index (χ2n) is 12.4. The first-order chi connectivity index (χ1) is 21.4. The van der Waals surface area contributed by atoms with E-state index < -0.39 is 23.4 Å². The molecule has 4 aromatic carbocycles. The molecule has 0 N–H and O–H groups in total. The second kappa shape index (κ2) is 10.7. The van der Waals surface area contributed by atoms with Crippen LogP contribution in [0.4, 0.5) is 5.69 Å². The molecule has 1 saturated heterocycles. The number of carbonyl (C=O) groups excluding carboxylic acids is 3. The summed E-state index contributed by atoms with van der Waals surface area (Å²) in [5.41, 5.74) is 3.46. The molecular formula is C39H35NO4. The summed E-state index contributed by atoms with van der Waals surface area (Å²) >= 11 is 0. The first kappa shape index (κ1) is 28.0. The smallest absolute Gasteiger partial charge is 0.185 e. The van der Waals surface area contributed by atoms with Crippen LogP contribution in [0.2, 0.25) is 0 Å². The van der Waals surface area contributed by atoms with Gasteiger partial charge in [0.1, 0.15) is 17.2 Å². The average molecular weight is 582 g/mol. The van der Waals surface area contributed by atoms with Gasteiger partial charge < -0.3 is 9.64 Å². The van der Waals surface area contributed by atoms with Gasteiger partial charge in [0.2, 0.25) is 0 Å². The Morgan fingerprint density at radius 3 is 2.16 bits per heavy atom. The van der Waals surface area contributed by atoms with Crippen LogP contribution in [0.25, 0.3) is 6.08 Å². The highest BCUT2D eigenvalue weighted by atomic mass is 16.5. The highest BCUT2D eigenvalue weighted by molar-refractivity contribution is 6.32. The predicted octanol–water partition coefficient (Wildman–Crippen LogP) is 7.60. The molecule has 0 saturated carbocycles. The molecule has 1 aliphatic carbocycles. The quantitative estimate of drug-likeness (QED) is 0.166. The zero-order valence-electron chi connectivity index (χ0n) is 25.2. The van der Waals surface area contributed by atoms with E-state index in [1.807, 2.05) is 91.9 Å². The molecule has 2 aliphatic heterocycles.